The molecule has 20 heavy (non-hydrogen) atoms. The van der Waals surface area contributed by atoms with Crippen LogP contribution in [0, 0.1) is 0 Å². The number of pyridine rings is 1. The van der Waals surface area contributed by atoms with E-state index in [1.54, 1.807) is 18.3 Å². The van der Waals surface area contributed by atoms with Crippen LogP contribution >= 0.6 is 15.9 Å². The molecule has 1 aromatic heterocycles. The molecule has 0 aliphatic heterocycles. The van der Waals surface area contributed by atoms with Gasteiger partial charge in [0, 0.05) is 21.7 Å². The summed E-state index contributed by atoms with van der Waals surface area (Å²) in [6, 6.07) is 5.24. The van der Waals surface area contributed by atoms with Gasteiger partial charge in [-0.15, -0.1) is 0 Å². The summed E-state index contributed by atoms with van der Waals surface area (Å²) in [6.07, 6.45) is 1.63. The van der Waals surface area contributed by atoms with Crippen LogP contribution in [0.2, 0.25) is 0 Å². The molecule has 0 bridgehead atoms. The van der Waals surface area contributed by atoms with Crippen molar-refractivity contribution in [2.45, 2.75) is 5.54 Å². The van der Waals surface area contributed by atoms with Crippen molar-refractivity contribution in [3.05, 3.63) is 28.9 Å². The standard InChI is InChI=1S/C13H16BrN3O3/c14-8-3-9-10(15)1-2-11(12(9)16-4-8)17-13(5-18,6-19)7-20/h1-4,17-20H,5-7,15H2. The largest absolute Gasteiger partial charge is 0.398 e. The van der Waals surface area contributed by atoms with Crippen LogP contribution in [-0.2, 0) is 0 Å². The SMILES string of the molecule is Nc1ccc(NC(CO)(CO)CO)c2ncc(Br)cc12. The molecule has 108 valence electrons. The molecule has 6 nitrogen and oxygen atoms in total. The summed E-state index contributed by atoms with van der Waals surface area (Å²) in [4.78, 5) is 4.29. The van der Waals surface area contributed by atoms with Crippen LogP contribution in [0.4, 0.5) is 11.4 Å². The van der Waals surface area contributed by atoms with Crippen molar-refractivity contribution in [3.63, 3.8) is 0 Å². The van der Waals surface area contributed by atoms with Crippen LogP contribution in [0.25, 0.3) is 10.9 Å². The monoisotopic (exact) mass is 341 g/mol. The highest BCUT2D eigenvalue weighted by Crippen LogP contribution is 2.30. The minimum absolute atomic E-state index is 0.414. The summed E-state index contributed by atoms with van der Waals surface area (Å²) in [5, 5.41) is 31.8. The van der Waals surface area contributed by atoms with E-state index in [-0.39, 0.29) is 0 Å². The van der Waals surface area contributed by atoms with Crippen molar-refractivity contribution >= 4 is 38.2 Å². The van der Waals surface area contributed by atoms with Gasteiger partial charge >= 0.3 is 0 Å². The summed E-state index contributed by atoms with van der Waals surface area (Å²) >= 11 is 3.34. The summed E-state index contributed by atoms with van der Waals surface area (Å²) in [6.45, 7) is -1.24. The van der Waals surface area contributed by atoms with E-state index in [2.05, 4.69) is 26.2 Å². The molecular formula is C13H16BrN3O3. The predicted molar refractivity (Wildman–Crippen MR) is 81.5 cm³/mol. The van der Waals surface area contributed by atoms with E-state index in [1.807, 2.05) is 6.07 Å². The number of anilines is 2. The van der Waals surface area contributed by atoms with Gasteiger partial charge in [-0.2, -0.15) is 0 Å². The van der Waals surface area contributed by atoms with Crippen molar-refractivity contribution in [3.8, 4) is 0 Å². The molecule has 0 saturated heterocycles. The van der Waals surface area contributed by atoms with Crippen LogP contribution in [-0.4, -0.2) is 45.7 Å². The van der Waals surface area contributed by atoms with Crippen LogP contribution in [0.15, 0.2) is 28.9 Å². The Balaban J connectivity index is 2.53. The van der Waals surface area contributed by atoms with E-state index in [4.69, 9.17) is 5.73 Å². The number of rotatable bonds is 5. The molecule has 7 heteroatoms. The molecular weight excluding hydrogens is 326 g/mol. The number of nitrogens with zero attached hydrogens (tertiary/aromatic N) is 1. The molecule has 0 unspecified atom stereocenters. The highest BCUT2D eigenvalue weighted by molar-refractivity contribution is 9.10. The molecule has 2 rings (SSSR count). The summed E-state index contributed by atoms with van der Waals surface area (Å²) in [7, 11) is 0. The van der Waals surface area contributed by atoms with Gasteiger partial charge in [0.15, 0.2) is 0 Å². The summed E-state index contributed by atoms with van der Waals surface area (Å²) < 4.78 is 0.798. The van der Waals surface area contributed by atoms with E-state index in [9.17, 15) is 15.3 Å². The minimum Gasteiger partial charge on any atom is -0.398 e. The third-order valence-electron chi connectivity index (χ3n) is 3.16. The molecule has 2 aromatic rings. The Morgan fingerprint density at radius 2 is 1.85 bits per heavy atom. The third kappa shape index (κ3) is 2.71. The van der Waals surface area contributed by atoms with Crippen molar-refractivity contribution < 1.29 is 15.3 Å². The van der Waals surface area contributed by atoms with Gasteiger partial charge in [-0.05, 0) is 34.1 Å². The Morgan fingerprint density at radius 3 is 2.45 bits per heavy atom. The Bertz CT molecular complexity index is 609. The summed E-state index contributed by atoms with van der Waals surface area (Å²) in [5.41, 5.74) is 6.47. The van der Waals surface area contributed by atoms with Crippen molar-refractivity contribution in [1.29, 1.82) is 0 Å². The van der Waals surface area contributed by atoms with Gasteiger partial charge in [0.25, 0.3) is 0 Å². The number of nitrogen functional groups attached to an aromatic ring is 1. The zero-order chi connectivity index (χ0) is 14.8. The maximum atomic E-state index is 9.37. The van der Waals surface area contributed by atoms with E-state index >= 15 is 0 Å². The number of aromatic nitrogens is 1. The Kier molecular flexibility index (Phi) is 4.44. The molecule has 6 N–H and O–H groups in total. The average molecular weight is 342 g/mol. The second-order valence-electron chi connectivity index (χ2n) is 4.63. The van der Waals surface area contributed by atoms with E-state index < -0.39 is 25.4 Å². The number of nitrogens with two attached hydrogens (primary N) is 1. The molecule has 0 aliphatic rings. The number of halogens is 1. The molecule has 0 radical (unpaired) electrons. The number of nitrogens with one attached hydrogen (secondary N) is 1. The number of aliphatic hydroxyl groups excluding tert-OH is 3. The quantitative estimate of drug-likeness (QED) is 0.512. The second kappa shape index (κ2) is 5.92. The predicted octanol–water partition coefficient (Wildman–Crippen LogP) is 0.707. The van der Waals surface area contributed by atoms with Crippen LogP contribution in [0.1, 0.15) is 0 Å². The molecule has 0 atom stereocenters. The topological polar surface area (TPSA) is 112 Å². The number of aliphatic hydroxyl groups is 3. The fourth-order valence-electron chi connectivity index (χ4n) is 1.87. The minimum atomic E-state index is -1.21. The van der Waals surface area contributed by atoms with Crippen molar-refractivity contribution in [1.82, 2.24) is 4.98 Å². The third-order valence-corrected chi connectivity index (χ3v) is 3.59. The number of hydrogen-bond donors (Lipinski definition) is 5. The maximum absolute atomic E-state index is 9.37. The van der Waals surface area contributed by atoms with E-state index in [0.29, 0.717) is 16.9 Å². The first kappa shape index (κ1) is 15.0. The molecule has 0 spiro atoms. The highest BCUT2D eigenvalue weighted by atomic mass is 79.9. The summed E-state index contributed by atoms with van der Waals surface area (Å²) in [5.74, 6) is 0. The number of fused-ring (bicyclic) bond motifs is 1. The van der Waals surface area contributed by atoms with E-state index in [0.717, 1.165) is 9.86 Å². The first-order valence-electron chi connectivity index (χ1n) is 6.00. The van der Waals surface area contributed by atoms with Gasteiger partial charge in [0.05, 0.1) is 31.0 Å². The van der Waals surface area contributed by atoms with E-state index in [1.165, 1.54) is 0 Å². The zero-order valence-electron chi connectivity index (χ0n) is 10.7. The first-order valence-corrected chi connectivity index (χ1v) is 6.79. The van der Waals surface area contributed by atoms with Crippen LogP contribution in [0.3, 0.4) is 0 Å². The Morgan fingerprint density at radius 1 is 1.20 bits per heavy atom. The average Bonchev–Trinajstić information content (AvgIpc) is 2.48. The Hall–Kier alpha value is -1.41. The molecule has 1 heterocycles. The highest BCUT2D eigenvalue weighted by Gasteiger charge is 2.28. The lowest BCUT2D eigenvalue weighted by Crippen LogP contribution is -2.49. The Labute approximate surface area is 124 Å². The maximum Gasteiger partial charge on any atom is 0.107 e. The molecule has 0 amide bonds. The number of benzene rings is 1. The van der Waals surface area contributed by atoms with Gasteiger partial charge < -0.3 is 26.4 Å². The molecule has 0 saturated carbocycles. The van der Waals surface area contributed by atoms with Gasteiger partial charge in [-0.1, -0.05) is 0 Å². The molecule has 0 fully saturated rings. The second-order valence-corrected chi connectivity index (χ2v) is 5.55. The lowest BCUT2D eigenvalue weighted by molar-refractivity contribution is 0.0834. The van der Waals surface area contributed by atoms with Crippen LogP contribution < -0.4 is 11.1 Å². The lowest BCUT2D eigenvalue weighted by Gasteiger charge is -2.30. The lowest BCUT2D eigenvalue weighted by atomic mass is 10.0. The van der Waals surface area contributed by atoms with Gasteiger partial charge in [0.1, 0.15) is 5.54 Å². The van der Waals surface area contributed by atoms with Crippen molar-refractivity contribution in [2.75, 3.05) is 30.9 Å². The number of hydrogen-bond acceptors (Lipinski definition) is 6. The smallest absolute Gasteiger partial charge is 0.107 e. The van der Waals surface area contributed by atoms with Gasteiger partial charge in [-0.25, -0.2) is 0 Å². The fourth-order valence-corrected chi connectivity index (χ4v) is 2.20. The fraction of sp³-hybridized carbons (Fsp3) is 0.308. The van der Waals surface area contributed by atoms with Crippen LogP contribution in [0.5, 0.6) is 0 Å². The van der Waals surface area contributed by atoms with Gasteiger partial charge in [0.2, 0.25) is 0 Å². The molecule has 1 aromatic carbocycles. The normalized spacial score (nSPS) is 11.8. The first-order chi connectivity index (χ1) is 9.55. The molecule has 0 aliphatic carbocycles. The van der Waals surface area contributed by atoms with Gasteiger partial charge in [-0.3, -0.25) is 4.98 Å². The van der Waals surface area contributed by atoms with Crippen molar-refractivity contribution in [2.24, 2.45) is 0 Å². The zero-order valence-corrected chi connectivity index (χ0v) is 12.3.